The Hall–Kier alpha value is -1.35. The molecule has 184 valence electrons. The normalized spacial score (nSPS) is 33.1. The second kappa shape index (κ2) is 9.02. The standard InChI is InChI=1S/C30H47NO2/c1-8-21(11-9-16-31-7)27(32)33-23-17-20(2)26-22(18-23)19-25-29(5)14-10-13-28(3,4)24(29)12-15-30(25,26)6/h17-18,21,24-25,31H,8-16,19H2,1-7H3/t21?,24-,25+,29-,30+/m0/s1. The fraction of sp³-hybridized carbons (Fsp3) is 0.767. The number of fused-ring (bicyclic) bond motifs is 5. The zero-order chi connectivity index (χ0) is 24.0. The van der Waals surface area contributed by atoms with E-state index in [4.69, 9.17) is 4.74 Å². The van der Waals surface area contributed by atoms with E-state index in [2.05, 4.69) is 59.0 Å². The first-order valence-corrected chi connectivity index (χ1v) is 13.6. The fourth-order valence-electron chi connectivity index (χ4n) is 8.70. The van der Waals surface area contributed by atoms with Gasteiger partial charge in [-0.25, -0.2) is 0 Å². The lowest BCUT2D eigenvalue weighted by Crippen LogP contribution is -2.55. The Kier molecular flexibility index (Phi) is 6.77. The van der Waals surface area contributed by atoms with Gasteiger partial charge in [-0.05, 0) is 129 Å². The fourth-order valence-corrected chi connectivity index (χ4v) is 8.70. The van der Waals surface area contributed by atoms with Crippen molar-refractivity contribution in [1.82, 2.24) is 5.32 Å². The van der Waals surface area contributed by atoms with Gasteiger partial charge in [0.15, 0.2) is 0 Å². The van der Waals surface area contributed by atoms with Crippen LogP contribution in [0.1, 0.15) is 103 Å². The van der Waals surface area contributed by atoms with Crippen LogP contribution in [0.2, 0.25) is 0 Å². The molecule has 0 aromatic heterocycles. The molecule has 2 saturated carbocycles. The largest absolute Gasteiger partial charge is 0.426 e. The van der Waals surface area contributed by atoms with Gasteiger partial charge in [0.2, 0.25) is 0 Å². The topological polar surface area (TPSA) is 38.3 Å². The van der Waals surface area contributed by atoms with Crippen molar-refractivity contribution in [3.05, 3.63) is 28.8 Å². The number of aryl methyl sites for hydroxylation is 1. The van der Waals surface area contributed by atoms with Gasteiger partial charge in [-0.15, -0.1) is 0 Å². The van der Waals surface area contributed by atoms with Gasteiger partial charge in [-0.2, -0.15) is 0 Å². The molecule has 0 bridgehead atoms. The van der Waals surface area contributed by atoms with Crippen LogP contribution < -0.4 is 10.1 Å². The Balaban J connectivity index is 1.59. The molecule has 0 aliphatic heterocycles. The van der Waals surface area contributed by atoms with Gasteiger partial charge in [0, 0.05) is 0 Å². The minimum absolute atomic E-state index is 0.0175. The summed E-state index contributed by atoms with van der Waals surface area (Å²) in [4.78, 5) is 12.9. The van der Waals surface area contributed by atoms with Gasteiger partial charge in [0.1, 0.15) is 5.75 Å². The van der Waals surface area contributed by atoms with Crippen LogP contribution in [-0.2, 0) is 16.6 Å². The summed E-state index contributed by atoms with van der Waals surface area (Å²) in [7, 11) is 1.96. The first-order chi connectivity index (χ1) is 15.6. The minimum Gasteiger partial charge on any atom is -0.426 e. The van der Waals surface area contributed by atoms with E-state index in [1.54, 1.807) is 5.56 Å². The molecule has 3 heteroatoms. The first kappa shape index (κ1) is 24.8. The van der Waals surface area contributed by atoms with Crippen LogP contribution in [0.15, 0.2) is 12.1 Å². The van der Waals surface area contributed by atoms with E-state index >= 15 is 0 Å². The average molecular weight is 454 g/mol. The summed E-state index contributed by atoms with van der Waals surface area (Å²) in [5, 5.41) is 3.18. The van der Waals surface area contributed by atoms with Crippen molar-refractivity contribution in [3.8, 4) is 5.75 Å². The van der Waals surface area contributed by atoms with Gasteiger partial charge < -0.3 is 10.1 Å². The van der Waals surface area contributed by atoms with Crippen molar-refractivity contribution in [2.45, 2.75) is 105 Å². The van der Waals surface area contributed by atoms with Crippen LogP contribution in [-0.4, -0.2) is 19.6 Å². The van der Waals surface area contributed by atoms with E-state index in [9.17, 15) is 4.79 Å². The van der Waals surface area contributed by atoms with E-state index < -0.39 is 0 Å². The maximum Gasteiger partial charge on any atom is 0.314 e. The van der Waals surface area contributed by atoms with E-state index in [1.807, 2.05) is 7.05 Å². The van der Waals surface area contributed by atoms with E-state index in [1.165, 1.54) is 43.2 Å². The number of ether oxygens (including phenoxy) is 1. The quantitative estimate of drug-likeness (QED) is 0.275. The van der Waals surface area contributed by atoms with Gasteiger partial charge in [-0.3, -0.25) is 4.79 Å². The van der Waals surface area contributed by atoms with Crippen LogP contribution in [0.3, 0.4) is 0 Å². The summed E-state index contributed by atoms with van der Waals surface area (Å²) in [5.74, 6) is 2.18. The van der Waals surface area contributed by atoms with Crippen LogP contribution >= 0.6 is 0 Å². The highest BCUT2D eigenvalue weighted by Gasteiger charge is 2.61. The lowest BCUT2D eigenvalue weighted by molar-refractivity contribution is -0.139. The summed E-state index contributed by atoms with van der Waals surface area (Å²) < 4.78 is 6.00. The molecule has 2 fully saturated rings. The second-order valence-corrected chi connectivity index (χ2v) is 12.7. The van der Waals surface area contributed by atoms with E-state index in [0.29, 0.717) is 16.7 Å². The molecule has 1 aromatic rings. The summed E-state index contributed by atoms with van der Waals surface area (Å²) in [6.45, 7) is 15.5. The summed E-state index contributed by atoms with van der Waals surface area (Å²) in [6, 6.07) is 4.36. The predicted octanol–water partition coefficient (Wildman–Crippen LogP) is 6.98. The first-order valence-electron chi connectivity index (χ1n) is 13.6. The molecular weight excluding hydrogens is 406 g/mol. The monoisotopic (exact) mass is 453 g/mol. The molecule has 1 aromatic carbocycles. The Morgan fingerprint density at radius 1 is 1.15 bits per heavy atom. The third kappa shape index (κ3) is 4.17. The zero-order valence-electron chi connectivity index (χ0n) is 22.3. The highest BCUT2D eigenvalue weighted by Crippen LogP contribution is 2.67. The van der Waals surface area contributed by atoms with Crippen LogP contribution in [0.25, 0.3) is 0 Å². The number of hydrogen-bond acceptors (Lipinski definition) is 3. The van der Waals surface area contributed by atoms with Crippen molar-refractivity contribution in [2.75, 3.05) is 13.6 Å². The molecule has 1 N–H and O–H groups in total. The highest BCUT2D eigenvalue weighted by molar-refractivity contribution is 5.75. The average Bonchev–Trinajstić information content (AvgIpc) is 3.04. The number of hydrogen-bond donors (Lipinski definition) is 1. The molecule has 3 aliphatic carbocycles. The third-order valence-corrected chi connectivity index (χ3v) is 10.2. The third-order valence-electron chi connectivity index (χ3n) is 10.2. The lowest BCUT2D eigenvalue weighted by Gasteiger charge is -2.61. The Morgan fingerprint density at radius 2 is 1.91 bits per heavy atom. The molecule has 4 rings (SSSR count). The molecule has 3 aliphatic rings. The molecule has 0 spiro atoms. The summed E-state index contributed by atoms with van der Waals surface area (Å²) >= 11 is 0. The Bertz CT molecular complexity index is 890. The van der Waals surface area contributed by atoms with Crippen molar-refractivity contribution in [2.24, 2.45) is 28.6 Å². The van der Waals surface area contributed by atoms with Gasteiger partial charge in [0.25, 0.3) is 0 Å². The lowest BCUT2D eigenvalue weighted by atomic mass is 9.43. The molecule has 3 nitrogen and oxygen atoms in total. The minimum atomic E-state index is -0.0596. The molecule has 5 atom stereocenters. The molecule has 1 unspecified atom stereocenters. The molecule has 0 heterocycles. The van der Waals surface area contributed by atoms with Crippen molar-refractivity contribution in [1.29, 1.82) is 0 Å². The number of carbonyl (C=O) groups excluding carboxylic acids is 1. The SMILES string of the molecule is CCC(CCCNC)C(=O)Oc1cc(C)c2c(c1)C[C@@H]1[C@@]3(C)CCCC(C)(C)[C@@H]3CC[C@@]21C. The molecule has 0 saturated heterocycles. The molecule has 0 amide bonds. The number of nitrogens with one attached hydrogen (secondary N) is 1. The van der Waals surface area contributed by atoms with E-state index in [-0.39, 0.29) is 17.3 Å². The van der Waals surface area contributed by atoms with Crippen LogP contribution in [0.5, 0.6) is 5.75 Å². The van der Waals surface area contributed by atoms with Gasteiger partial charge in [0.05, 0.1) is 5.92 Å². The van der Waals surface area contributed by atoms with E-state index in [0.717, 1.165) is 43.9 Å². The highest BCUT2D eigenvalue weighted by atomic mass is 16.5. The van der Waals surface area contributed by atoms with Crippen molar-refractivity contribution >= 4 is 5.97 Å². The molecular formula is C30H47NO2. The van der Waals surface area contributed by atoms with Crippen LogP contribution in [0.4, 0.5) is 0 Å². The summed E-state index contributed by atoms with van der Waals surface area (Å²) in [6.07, 6.45) is 10.6. The van der Waals surface area contributed by atoms with Gasteiger partial charge >= 0.3 is 5.97 Å². The number of benzene rings is 1. The number of rotatable bonds is 7. The molecule has 33 heavy (non-hydrogen) atoms. The molecule has 0 radical (unpaired) electrons. The van der Waals surface area contributed by atoms with Gasteiger partial charge in [-0.1, -0.05) is 41.0 Å². The Morgan fingerprint density at radius 3 is 2.61 bits per heavy atom. The number of esters is 1. The van der Waals surface area contributed by atoms with Crippen LogP contribution in [0, 0.1) is 35.5 Å². The second-order valence-electron chi connectivity index (χ2n) is 12.7. The maximum atomic E-state index is 12.9. The number of carbonyl (C=O) groups is 1. The van der Waals surface area contributed by atoms with Crippen molar-refractivity contribution in [3.63, 3.8) is 0 Å². The Labute approximate surface area is 202 Å². The maximum absolute atomic E-state index is 12.9. The smallest absolute Gasteiger partial charge is 0.314 e. The summed E-state index contributed by atoms with van der Waals surface area (Å²) in [5.41, 5.74) is 5.43. The zero-order valence-corrected chi connectivity index (χ0v) is 22.3. The van der Waals surface area contributed by atoms with Crippen molar-refractivity contribution < 1.29 is 9.53 Å². The predicted molar refractivity (Wildman–Crippen MR) is 137 cm³/mol.